The number of anilines is 1. The van der Waals surface area contributed by atoms with Crippen LogP contribution in [-0.2, 0) is 22.6 Å². The van der Waals surface area contributed by atoms with Crippen LogP contribution in [0.3, 0.4) is 0 Å². The van der Waals surface area contributed by atoms with Gasteiger partial charge in [0.15, 0.2) is 0 Å². The van der Waals surface area contributed by atoms with Crippen molar-refractivity contribution in [1.82, 2.24) is 5.32 Å². The second-order valence-electron chi connectivity index (χ2n) is 7.91. The number of nitriles is 1. The summed E-state index contributed by atoms with van der Waals surface area (Å²) in [7, 11) is 0. The molecule has 0 aromatic heterocycles. The average Bonchev–Trinajstić information content (AvgIpc) is 3.15. The lowest BCUT2D eigenvalue weighted by Crippen LogP contribution is -2.32. The molecule has 1 N–H and O–H groups in total. The lowest BCUT2D eigenvalue weighted by atomic mass is 10.1. The molecule has 0 saturated carbocycles. The molecule has 0 spiro atoms. The molecule has 1 heterocycles. The Morgan fingerprint density at radius 3 is 2.44 bits per heavy atom. The van der Waals surface area contributed by atoms with Gasteiger partial charge in [0.2, 0.25) is 5.91 Å². The number of halogens is 1. The predicted octanol–water partition coefficient (Wildman–Crippen LogP) is 5.39. The largest absolute Gasteiger partial charge is 0.347 e. The fourth-order valence-corrected chi connectivity index (χ4v) is 5.17. The summed E-state index contributed by atoms with van der Waals surface area (Å²) >= 11 is 7.29. The summed E-state index contributed by atoms with van der Waals surface area (Å²) in [4.78, 5) is 28.0. The van der Waals surface area contributed by atoms with Crippen molar-refractivity contribution in [3.8, 4) is 6.07 Å². The zero-order valence-electron chi connectivity index (χ0n) is 18.5. The molecule has 1 unspecified atom stereocenters. The number of rotatable bonds is 6. The van der Waals surface area contributed by atoms with Gasteiger partial charge in [-0.15, -0.1) is 0 Å². The van der Waals surface area contributed by atoms with Crippen LogP contribution in [-0.4, -0.2) is 17.1 Å². The Morgan fingerprint density at radius 1 is 1.06 bits per heavy atom. The molecule has 34 heavy (non-hydrogen) atoms. The number of carbonyl (C=O) groups excluding carboxylic acids is 2. The highest BCUT2D eigenvalue weighted by Gasteiger charge is 2.40. The lowest BCUT2D eigenvalue weighted by Gasteiger charge is -2.19. The van der Waals surface area contributed by atoms with Gasteiger partial charge in [-0.2, -0.15) is 5.26 Å². The number of carbonyl (C=O) groups is 2. The van der Waals surface area contributed by atoms with E-state index in [2.05, 4.69) is 5.32 Å². The third kappa shape index (κ3) is 5.33. The van der Waals surface area contributed by atoms with Crippen LogP contribution in [0.2, 0.25) is 5.02 Å². The first-order valence-electron chi connectivity index (χ1n) is 10.7. The summed E-state index contributed by atoms with van der Waals surface area (Å²) in [5.74, 6) is -0.690. The monoisotopic (exact) mass is 487 g/mol. The first-order valence-corrected chi connectivity index (χ1v) is 12.0. The van der Waals surface area contributed by atoms with Crippen molar-refractivity contribution in [3.05, 3.63) is 111 Å². The maximum Gasteiger partial charge on any atom is 0.264 e. The lowest BCUT2D eigenvalue weighted by molar-refractivity contribution is -0.117. The quantitative estimate of drug-likeness (QED) is 0.373. The maximum atomic E-state index is 13.5. The molecular weight excluding hydrogens is 466 g/mol. The van der Waals surface area contributed by atoms with E-state index in [0.29, 0.717) is 22.2 Å². The zero-order chi connectivity index (χ0) is 24.1. The van der Waals surface area contributed by atoms with E-state index in [1.807, 2.05) is 67.6 Å². The van der Waals surface area contributed by atoms with Gasteiger partial charge in [-0.05, 0) is 48.7 Å². The van der Waals surface area contributed by atoms with Crippen LogP contribution in [0.1, 0.15) is 16.7 Å². The summed E-state index contributed by atoms with van der Waals surface area (Å²) in [5, 5.41) is 13.1. The molecule has 1 aliphatic rings. The third-order valence-electron chi connectivity index (χ3n) is 5.39. The van der Waals surface area contributed by atoms with Crippen LogP contribution < -0.4 is 10.2 Å². The van der Waals surface area contributed by atoms with E-state index in [0.717, 1.165) is 16.7 Å². The number of thioether (sulfide) groups is 1. The number of nitrogens with one attached hydrogen (secondary N) is 1. The molecule has 1 fully saturated rings. The molecular formula is C27H22ClN3O2S. The number of amides is 2. The highest BCUT2D eigenvalue weighted by molar-refractivity contribution is 8.05. The van der Waals surface area contributed by atoms with Crippen LogP contribution in [0.15, 0.2) is 89.5 Å². The first-order chi connectivity index (χ1) is 16.5. The third-order valence-corrected chi connectivity index (χ3v) is 6.90. The predicted molar refractivity (Wildman–Crippen MR) is 136 cm³/mol. The highest BCUT2D eigenvalue weighted by atomic mass is 35.5. The normalized spacial score (nSPS) is 16.8. The van der Waals surface area contributed by atoms with E-state index < -0.39 is 11.2 Å². The molecule has 7 heteroatoms. The molecule has 0 radical (unpaired) electrons. The Labute approximate surface area is 208 Å². The molecule has 0 aliphatic carbocycles. The summed E-state index contributed by atoms with van der Waals surface area (Å²) in [6.07, 6.45) is 0.489. The van der Waals surface area contributed by atoms with E-state index in [1.165, 1.54) is 16.7 Å². The standard InChI is InChI=1S/C27H22ClN3O2S/c1-18-6-5-9-20(14-18)15-24-26(33)31(22-12-10-21(28)11-13-22)27(34-24)23(16-29)25(32)30-17-19-7-3-2-4-8-19/h2-14,24H,15,17H2,1H3,(H,30,32). The van der Waals surface area contributed by atoms with Crippen molar-refractivity contribution in [3.63, 3.8) is 0 Å². The van der Waals surface area contributed by atoms with Gasteiger partial charge in [-0.3, -0.25) is 14.5 Å². The summed E-state index contributed by atoms with van der Waals surface area (Å²) < 4.78 is 0. The van der Waals surface area contributed by atoms with Crippen LogP contribution in [0.25, 0.3) is 0 Å². The first kappa shape index (κ1) is 23.6. The van der Waals surface area contributed by atoms with Crippen molar-refractivity contribution in [2.45, 2.75) is 25.1 Å². The van der Waals surface area contributed by atoms with E-state index in [1.54, 1.807) is 24.3 Å². The second-order valence-corrected chi connectivity index (χ2v) is 9.54. The summed E-state index contributed by atoms with van der Waals surface area (Å²) in [6.45, 7) is 2.29. The van der Waals surface area contributed by atoms with Crippen LogP contribution in [0.4, 0.5) is 5.69 Å². The summed E-state index contributed by atoms with van der Waals surface area (Å²) in [6, 6.07) is 26.3. The van der Waals surface area contributed by atoms with Crippen LogP contribution >= 0.6 is 23.4 Å². The van der Waals surface area contributed by atoms with Crippen molar-refractivity contribution in [2.75, 3.05) is 4.90 Å². The Kier molecular flexibility index (Phi) is 7.36. The van der Waals surface area contributed by atoms with Gasteiger partial charge in [-0.25, -0.2) is 0 Å². The van der Waals surface area contributed by atoms with Crippen molar-refractivity contribution in [2.24, 2.45) is 0 Å². The number of nitrogens with zero attached hydrogens (tertiary/aromatic N) is 2. The van der Waals surface area contributed by atoms with Gasteiger partial charge in [-0.1, -0.05) is 83.5 Å². The SMILES string of the molecule is Cc1cccc(CC2SC(=C(C#N)C(=O)NCc3ccccc3)N(c3ccc(Cl)cc3)C2=O)c1. The molecule has 4 rings (SSSR count). The fourth-order valence-electron chi connectivity index (χ4n) is 3.73. The number of hydrogen-bond acceptors (Lipinski definition) is 4. The fraction of sp³-hybridized carbons (Fsp3) is 0.148. The highest BCUT2D eigenvalue weighted by Crippen LogP contribution is 2.42. The van der Waals surface area contributed by atoms with Gasteiger partial charge in [0.05, 0.1) is 5.25 Å². The number of hydrogen-bond donors (Lipinski definition) is 1. The molecule has 3 aromatic carbocycles. The van der Waals surface area contributed by atoms with Crippen LogP contribution in [0.5, 0.6) is 0 Å². The second kappa shape index (κ2) is 10.6. The minimum absolute atomic E-state index is 0.0871. The van der Waals surface area contributed by atoms with E-state index in [-0.39, 0.29) is 18.0 Å². The van der Waals surface area contributed by atoms with Gasteiger partial charge >= 0.3 is 0 Å². The smallest absolute Gasteiger partial charge is 0.264 e. The molecule has 0 bridgehead atoms. The minimum atomic E-state index is -0.517. The van der Waals surface area contributed by atoms with Gasteiger partial charge in [0.25, 0.3) is 5.91 Å². The van der Waals surface area contributed by atoms with Crippen molar-refractivity contribution >= 4 is 40.9 Å². The number of aryl methyl sites for hydroxylation is 1. The molecule has 1 atom stereocenters. The van der Waals surface area contributed by atoms with Crippen LogP contribution in [0, 0.1) is 18.3 Å². The average molecular weight is 488 g/mol. The summed E-state index contributed by atoms with van der Waals surface area (Å²) in [5.41, 5.74) is 3.52. The maximum absolute atomic E-state index is 13.5. The molecule has 2 amide bonds. The zero-order valence-corrected chi connectivity index (χ0v) is 20.1. The van der Waals surface area contributed by atoms with Crippen molar-refractivity contribution < 1.29 is 9.59 Å². The van der Waals surface area contributed by atoms with E-state index in [4.69, 9.17) is 11.6 Å². The van der Waals surface area contributed by atoms with Gasteiger partial charge < -0.3 is 5.32 Å². The Bertz CT molecular complexity index is 1280. The Hall–Kier alpha value is -3.53. The van der Waals surface area contributed by atoms with Gasteiger partial charge in [0, 0.05) is 17.3 Å². The van der Waals surface area contributed by atoms with E-state index in [9.17, 15) is 14.9 Å². The molecule has 5 nitrogen and oxygen atoms in total. The Balaban J connectivity index is 1.67. The topological polar surface area (TPSA) is 73.2 Å². The molecule has 1 saturated heterocycles. The Morgan fingerprint density at radius 2 is 1.76 bits per heavy atom. The number of benzene rings is 3. The van der Waals surface area contributed by atoms with Gasteiger partial charge in [0.1, 0.15) is 16.7 Å². The minimum Gasteiger partial charge on any atom is -0.347 e. The molecule has 3 aromatic rings. The molecule has 1 aliphatic heterocycles. The van der Waals surface area contributed by atoms with E-state index >= 15 is 0 Å². The molecule has 170 valence electrons. The van der Waals surface area contributed by atoms with Crippen molar-refractivity contribution in [1.29, 1.82) is 5.26 Å².